The van der Waals surface area contributed by atoms with Crippen LogP contribution in [0, 0.1) is 70.0 Å². The van der Waals surface area contributed by atoms with Crippen molar-refractivity contribution in [2.45, 2.75) is 181 Å². The molecule has 10 heterocycles. The largest absolute Gasteiger partial charge is 0.474 e. The first-order chi connectivity index (χ1) is 61.0. The van der Waals surface area contributed by atoms with E-state index in [0.29, 0.717) is 102 Å². The van der Waals surface area contributed by atoms with Crippen LogP contribution in [0.1, 0.15) is 161 Å². The predicted octanol–water partition coefficient (Wildman–Crippen LogP) is 17.3. The van der Waals surface area contributed by atoms with Gasteiger partial charge in [0.1, 0.15) is 117 Å². The molecule has 5 aliphatic heterocycles. The molecule has 23 nitrogen and oxygen atoms in total. The summed E-state index contributed by atoms with van der Waals surface area (Å²) < 4.78 is 254. The van der Waals surface area contributed by atoms with Gasteiger partial charge in [0.05, 0.1) is 18.3 Å². The van der Waals surface area contributed by atoms with E-state index in [1.807, 2.05) is 27.7 Å². The summed E-state index contributed by atoms with van der Waals surface area (Å²) in [5, 5.41) is 0. The Bertz CT molecular complexity index is 5390. The molecule has 0 aliphatic carbocycles. The zero-order chi connectivity index (χ0) is 94.0. The molecular weight excluding hydrogens is 1730 g/mol. The van der Waals surface area contributed by atoms with Crippen molar-refractivity contribution in [2.24, 2.45) is 40.5 Å². The van der Waals surface area contributed by atoms with Crippen molar-refractivity contribution in [1.29, 1.82) is 0 Å². The third kappa shape index (κ3) is 23.7. The zero-order valence-corrected chi connectivity index (χ0v) is 69.6. The second kappa shape index (κ2) is 41.8. The number of fused-ring (bicyclic) bond motifs is 5. The third-order valence-corrected chi connectivity index (χ3v) is 21.5. The highest BCUT2D eigenvalue weighted by atomic mass is 19.3. The maximum Gasteiger partial charge on any atom is 0.345 e. The Kier molecular flexibility index (Phi) is 31.3. The summed E-state index contributed by atoms with van der Waals surface area (Å²) in [5.74, 6) is -10.4. The third-order valence-electron chi connectivity index (χ3n) is 21.5. The van der Waals surface area contributed by atoms with Crippen molar-refractivity contribution in [3.8, 4) is 85.0 Å². The minimum atomic E-state index is -2.96. The van der Waals surface area contributed by atoms with E-state index in [9.17, 15) is 94.2 Å². The number of pyridine rings is 5. The molecule has 0 spiro atoms. The van der Waals surface area contributed by atoms with Crippen LogP contribution in [-0.2, 0) is 46.3 Å². The lowest BCUT2D eigenvalue weighted by Gasteiger charge is -2.30. The highest BCUT2D eigenvalue weighted by molar-refractivity contribution is 5.96. The topological polar surface area (TPSA) is 354 Å². The summed E-state index contributed by atoms with van der Waals surface area (Å²) >= 11 is 0. The molecule has 39 heteroatoms. The summed E-state index contributed by atoms with van der Waals surface area (Å²) in [5.41, 5.74) is 31.2. The number of nitrogens with zero attached hydrogens (tertiary/aromatic N) is 5. The summed E-state index contributed by atoms with van der Waals surface area (Å²) in [6.45, 7) is 3.56. The summed E-state index contributed by atoms with van der Waals surface area (Å²) in [7, 11) is 0. The lowest BCUT2D eigenvalue weighted by molar-refractivity contribution is -0.180. The number of amides is 5. The molecule has 0 fully saturated rings. The number of carbonyl (C=O) groups excluding carboxylic acids is 5. The molecule has 15 rings (SSSR count). The van der Waals surface area contributed by atoms with Crippen LogP contribution < -0.4 is 52.4 Å². The number of benzene rings is 5. The van der Waals surface area contributed by atoms with Crippen LogP contribution in [0.15, 0.2) is 121 Å². The standard InChI is InChI=1S/3C18H16F4N2O3.2C18H18F2N2O2/c3*1-8(26-18(21)22)15-5-4-11-12(10-3-2-9(19)6-13(10)20)7-14(16(23)25)24-17(11)27-15;2*1-9(2)16-6-5-12-13(11-4-3-10(19)7-14(11)20)8-15(17(21)23)22-18(12)24-16/h3*2-3,6-8,15,18H,4-5H2,1H3,(H2,23,25);2*3-4,7-9,16H,5-6H2,1-2H3,(H2,21,23)/t2*8-,15+;8-,15-;2*16-/m10010/s1. The number of alkyl halides is 6. The Hall–Kier alpha value is -13.0. The van der Waals surface area contributed by atoms with Gasteiger partial charge in [-0.15, -0.1) is 0 Å². The second-order valence-electron chi connectivity index (χ2n) is 30.9. The fraction of sp³-hybridized carbons (Fsp3) is 0.333. The van der Waals surface area contributed by atoms with E-state index in [1.54, 1.807) is 0 Å². The molecule has 684 valence electrons. The number of halogens is 16. The van der Waals surface area contributed by atoms with Crippen molar-refractivity contribution in [2.75, 3.05) is 0 Å². The van der Waals surface area contributed by atoms with Crippen LogP contribution in [0.4, 0.5) is 70.2 Å². The van der Waals surface area contributed by atoms with Gasteiger partial charge in [-0.25, -0.2) is 68.8 Å². The fourth-order valence-corrected chi connectivity index (χ4v) is 14.9. The van der Waals surface area contributed by atoms with Crippen molar-refractivity contribution >= 4 is 29.5 Å². The maximum absolute atomic E-state index is 14.3. The van der Waals surface area contributed by atoms with E-state index >= 15 is 0 Å². The first-order valence-corrected chi connectivity index (χ1v) is 40.1. The van der Waals surface area contributed by atoms with E-state index in [-0.39, 0.29) is 115 Å². The van der Waals surface area contributed by atoms with Gasteiger partial charge in [-0.2, -0.15) is 26.3 Å². The van der Waals surface area contributed by atoms with Gasteiger partial charge in [-0.3, -0.25) is 24.0 Å². The van der Waals surface area contributed by atoms with Crippen LogP contribution >= 0.6 is 0 Å². The van der Waals surface area contributed by atoms with E-state index in [1.165, 1.54) is 93.6 Å². The molecule has 10 aromatic rings. The first kappa shape index (κ1) is 96.6. The van der Waals surface area contributed by atoms with Gasteiger partial charge in [0.2, 0.25) is 29.4 Å². The van der Waals surface area contributed by atoms with Gasteiger partial charge in [-0.1, -0.05) is 27.7 Å². The van der Waals surface area contributed by atoms with Gasteiger partial charge in [0.25, 0.3) is 29.5 Å². The van der Waals surface area contributed by atoms with Gasteiger partial charge >= 0.3 is 19.8 Å². The Labute approximate surface area is 726 Å². The van der Waals surface area contributed by atoms with E-state index < -0.39 is 144 Å². The first-order valence-electron chi connectivity index (χ1n) is 40.1. The predicted molar refractivity (Wildman–Crippen MR) is 434 cm³/mol. The highest BCUT2D eigenvalue weighted by Crippen LogP contribution is 2.45. The molecule has 5 aromatic heterocycles. The molecule has 10 N–H and O–H groups in total. The molecule has 0 saturated carbocycles. The SMILES string of the molecule is CC(C)[C@@H]1CCc2c(-c3ccc(F)cc3F)cc(C(N)=O)nc2O1.CC(C)[C@H]1CCc2c(-c3ccc(F)cc3F)cc(C(N)=O)nc2O1.C[C@@H](OC(F)F)[C@@H]1CCc2c(-c3ccc(F)cc3F)cc(C(N)=O)nc2O1.C[C@H](OC(F)F)[C@@H]1CCc2c(-c3ccc(F)cc3F)cc(C(N)=O)nc2O1.C[C@H](OC(F)F)[C@H]1CCc2c(-c3ccc(F)cc3F)cc(C(N)=O)nc2O1. The monoisotopic (exact) mass is 1820 g/mol. The Balaban J connectivity index is 0.000000156. The van der Waals surface area contributed by atoms with Crippen LogP contribution in [0.5, 0.6) is 29.4 Å². The number of hydrogen-bond donors (Lipinski definition) is 5. The van der Waals surface area contributed by atoms with Crippen LogP contribution in [0.2, 0.25) is 0 Å². The molecule has 5 aromatic carbocycles. The average Bonchev–Trinajstić information content (AvgIpc) is 0.790. The zero-order valence-electron chi connectivity index (χ0n) is 69.6. The van der Waals surface area contributed by atoms with E-state index in [4.69, 9.17) is 52.4 Å². The normalized spacial score (nSPS) is 17.1. The number of nitrogens with two attached hydrogens (primary N) is 5. The molecule has 0 radical (unpaired) electrons. The lowest BCUT2D eigenvalue weighted by atomic mass is 9.91. The van der Waals surface area contributed by atoms with Crippen molar-refractivity contribution < 1.29 is 132 Å². The Morgan fingerprint density at radius 3 is 0.605 bits per heavy atom. The number of ether oxygens (including phenoxy) is 8. The average molecular weight is 1820 g/mol. The molecule has 129 heavy (non-hydrogen) atoms. The van der Waals surface area contributed by atoms with Gasteiger partial charge in [0.15, 0.2) is 0 Å². The summed E-state index contributed by atoms with van der Waals surface area (Å²) in [4.78, 5) is 78.4. The fourth-order valence-electron chi connectivity index (χ4n) is 14.9. The molecule has 0 saturated heterocycles. The number of hydrogen-bond acceptors (Lipinski definition) is 18. The number of aromatic nitrogens is 5. The molecule has 8 atom stereocenters. The number of primary amides is 5. The summed E-state index contributed by atoms with van der Waals surface area (Å²) in [6.07, 6.45) is -0.346. The summed E-state index contributed by atoms with van der Waals surface area (Å²) in [6, 6.07) is 22.6. The van der Waals surface area contributed by atoms with Crippen LogP contribution in [0.25, 0.3) is 55.6 Å². The van der Waals surface area contributed by atoms with E-state index in [2.05, 4.69) is 39.1 Å². The molecule has 0 unspecified atom stereocenters. The van der Waals surface area contributed by atoms with Crippen molar-refractivity contribution in [3.63, 3.8) is 0 Å². The minimum absolute atomic E-state index is 0.00289. The number of carbonyl (C=O) groups is 5. The maximum atomic E-state index is 14.3. The second-order valence-corrected chi connectivity index (χ2v) is 30.9. The molecular formula is C90H84F16N10O13. The quantitative estimate of drug-likeness (QED) is 0.0417. The van der Waals surface area contributed by atoms with Gasteiger partial charge in [-0.05, 0) is 216 Å². The van der Waals surface area contributed by atoms with Crippen molar-refractivity contribution in [1.82, 2.24) is 24.9 Å². The smallest absolute Gasteiger partial charge is 0.345 e. The Morgan fingerprint density at radius 1 is 0.279 bits per heavy atom. The van der Waals surface area contributed by atoms with Crippen molar-refractivity contribution in [3.05, 3.63) is 236 Å². The van der Waals surface area contributed by atoms with Gasteiger partial charge < -0.3 is 66.6 Å². The minimum Gasteiger partial charge on any atom is -0.474 e. The molecule has 5 amide bonds. The Morgan fingerprint density at radius 2 is 0.450 bits per heavy atom. The van der Waals surface area contributed by atoms with E-state index in [0.717, 1.165) is 61.4 Å². The lowest BCUT2D eigenvalue weighted by Crippen LogP contribution is -2.36. The van der Waals surface area contributed by atoms with Crippen LogP contribution in [0.3, 0.4) is 0 Å². The molecule has 0 bridgehead atoms. The van der Waals surface area contributed by atoms with Crippen LogP contribution in [-0.4, -0.2) is 123 Å². The number of rotatable bonds is 21. The molecule has 5 aliphatic rings. The van der Waals surface area contributed by atoms with Gasteiger partial charge in [0, 0.05) is 86.0 Å². The highest BCUT2D eigenvalue weighted by Gasteiger charge is 2.38.